The van der Waals surface area contributed by atoms with E-state index < -0.39 is 0 Å². The maximum atomic E-state index is 12.2. The molecule has 0 aliphatic heterocycles. The number of ether oxygens (including phenoxy) is 2. The summed E-state index contributed by atoms with van der Waals surface area (Å²) in [6.07, 6.45) is 0.244. The highest BCUT2D eigenvalue weighted by Gasteiger charge is 2.09. The number of methoxy groups -OCH3 is 1. The summed E-state index contributed by atoms with van der Waals surface area (Å²) in [5.41, 5.74) is 1.98. The number of benzene rings is 2. The summed E-state index contributed by atoms with van der Waals surface area (Å²) in [6.45, 7) is 3.94. The lowest BCUT2D eigenvalue weighted by Gasteiger charge is -2.12. The van der Waals surface area contributed by atoms with E-state index in [-0.39, 0.29) is 18.2 Å². The van der Waals surface area contributed by atoms with E-state index in [4.69, 9.17) is 9.47 Å². The van der Waals surface area contributed by atoms with Crippen LogP contribution in [0.2, 0.25) is 0 Å². The molecule has 0 unspecified atom stereocenters. The molecule has 0 fully saturated rings. The fraction of sp³-hybridized carbons (Fsp3) is 0.263. The second-order valence-corrected chi connectivity index (χ2v) is 5.40. The first-order chi connectivity index (χ1) is 12.0. The number of carbonyl (C=O) groups is 2. The Balaban J connectivity index is 2.03. The Hall–Kier alpha value is -3.02. The van der Waals surface area contributed by atoms with E-state index in [0.29, 0.717) is 23.7 Å². The molecule has 0 spiro atoms. The molecule has 6 nitrogen and oxygen atoms in total. The van der Waals surface area contributed by atoms with Crippen LogP contribution in [0.5, 0.6) is 11.5 Å². The molecule has 2 N–H and O–H groups in total. The first-order valence-corrected chi connectivity index (χ1v) is 7.99. The zero-order valence-electron chi connectivity index (χ0n) is 14.6. The van der Waals surface area contributed by atoms with Crippen LogP contribution in [0.1, 0.15) is 19.4 Å². The van der Waals surface area contributed by atoms with E-state index in [1.807, 2.05) is 31.2 Å². The predicted octanol–water partition coefficient (Wildman–Crippen LogP) is 3.23. The molecular weight excluding hydrogens is 320 g/mol. The molecule has 0 aliphatic carbocycles. The molecule has 2 aromatic rings. The van der Waals surface area contributed by atoms with Crippen molar-refractivity contribution in [3.8, 4) is 11.5 Å². The summed E-state index contributed by atoms with van der Waals surface area (Å²) >= 11 is 0. The molecule has 0 atom stereocenters. The smallest absolute Gasteiger partial charge is 0.228 e. The van der Waals surface area contributed by atoms with Crippen LogP contribution in [0.4, 0.5) is 11.4 Å². The van der Waals surface area contributed by atoms with Crippen molar-refractivity contribution in [3.05, 3.63) is 48.0 Å². The Morgan fingerprint density at radius 3 is 2.36 bits per heavy atom. The van der Waals surface area contributed by atoms with Crippen molar-refractivity contribution in [1.82, 2.24) is 0 Å². The molecule has 0 aromatic heterocycles. The quantitative estimate of drug-likeness (QED) is 0.810. The van der Waals surface area contributed by atoms with Gasteiger partial charge in [-0.3, -0.25) is 9.59 Å². The van der Waals surface area contributed by atoms with Crippen LogP contribution in [0.3, 0.4) is 0 Å². The first kappa shape index (κ1) is 18.3. The summed E-state index contributed by atoms with van der Waals surface area (Å²) in [6, 6.07) is 12.5. The molecule has 25 heavy (non-hydrogen) atoms. The highest BCUT2D eigenvalue weighted by atomic mass is 16.5. The van der Waals surface area contributed by atoms with Crippen LogP contribution >= 0.6 is 0 Å². The van der Waals surface area contributed by atoms with Gasteiger partial charge in [0.1, 0.15) is 11.5 Å². The van der Waals surface area contributed by atoms with E-state index in [0.717, 1.165) is 11.3 Å². The van der Waals surface area contributed by atoms with Crippen LogP contribution in [0.15, 0.2) is 42.5 Å². The molecular formula is C19H22N2O4. The van der Waals surface area contributed by atoms with Gasteiger partial charge in [0.25, 0.3) is 0 Å². The average molecular weight is 342 g/mol. The number of hydrogen-bond donors (Lipinski definition) is 2. The van der Waals surface area contributed by atoms with Crippen LogP contribution in [-0.2, 0) is 16.0 Å². The summed E-state index contributed by atoms with van der Waals surface area (Å²) in [5.74, 6) is 0.945. The SMILES string of the molecule is CCOc1ccc(CC(=O)Nc2ccc(OC)c(NC(C)=O)c2)cc1. The maximum absolute atomic E-state index is 12.2. The van der Waals surface area contributed by atoms with Gasteiger partial charge in [-0.2, -0.15) is 0 Å². The summed E-state index contributed by atoms with van der Waals surface area (Å²) in [7, 11) is 1.52. The number of hydrogen-bond acceptors (Lipinski definition) is 4. The Bertz CT molecular complexity index is 742. The first-order valence-electron chi connectivity index (χ1n) is 7.99. The Kier molecular flexibility index (Phi) is 6.39. The van der Waals surface area contributed by atoms with Gasteiger partial charge >= 0.3 is 0 Å². The molecule has 132 valence electrons. The molecule has 0 heterocycles. The lowest BCUT2D eigenvalue weighted by molar-refractivity contribution is -0.115. The van der Waals surface area contributed by atoms with Crippen LogP contribution in [0.25, 0.3) is 0 Å². The van der Waals surface area contributed by atoms with Gasteiger partial charge < -0.3 is 20.1 Å². The predicted molar refractivity (Wildman–Crippen MR) is 97.2 cm³/mol. The second-order valence-electron chi connectivity index (χ2n) is 5.40. The number of amides is 2. The van der Waals surface area contributed by atoms with Gasteiger partial charge in [-0.1, -0.05) is 12.1 Å². The molecule has 6 heteroatoms. The van der Waals surface area contributed by atoms with Gasteiger partial charge in [0.2, 0.25) is 11.8 Å². The maximum Gasteiger partial charge on any atom is 0.228 e. The molecule has 2 aromatic carbocycles. The van der Waals surface area contributed by atoms with Gasteiger partial charge in [0.05, 0.1) is 25.8 Å². The van der Waals surface area contributed by atoms with Crippen LogP contribution in [0, 0.1) is 0 Å². The van der Waals surface area contributed by atoms with Gasteiger partial charge in [-0.25, -0.2) is 0 Å². The second kappa shape index (κ2) is 8.73. The van der Waals surface area contributed by atoms with Gasteiger partial charge in [-0.05, 0) is 42.8 Å². The molecule has 0 saturated heterocycles. The standard InChI is InChI=1S/C19H22N2O4/c1-4-25-16-8-5-14(6-9-16)11-19(23)21-15-7-10-18(24-3)17(12-15)20-13(2)22/h5-10,12H,4,11H2,1-3H3,(H,20,22)(H,21,23). The topological polar surface area (TPSA) is 76.7 Å². The fourth-order valence-corrected chi connectivity index (χ4v) is 2.33. The van der Waals surface area contributed by atoms with Crippen molar-refractivity contribution in [2.24, 2.45) is 0 Å². The molecule has 2 rings (SSSR count). The van der Waals surface area contributed by atoms with Gasteiger partial charge in [0, 0.05) is 12.6 Å². The number of rotatable bonds is 7. The number of carbonyl (C=O) groups excluding carboxylic acids is 2. The van der Waals surface area contributed by atoms with Crippen LogP contribution in [-0.4, -0.2) is 25.5 Å². The summed E-state index contributed by atoms with van der Waals surface area (Å²) < 4.78 is 10.6. The minimum atomic E-state index is -0.212. The zero-order chi connectivity index (χ0) is 18.2. The number of anilines is 2. The van der Waals surface area contributed by atoms with Crippen molar-refractivity contribution < 1.29 is 19.1 Å². The summed E-state index contributed by atoms with van der Waals surface area (Å²) in [5, 5.41) is 5.49. The Morgan fingerprint density at radius 2 is 1.76 bits per heavy atom. The van der Waals surface area contributed by atoms with E-state index >= 15 is 0 Å². The molecule has 0 radical (unpaired) electrons. The van der Waals surface area contributed by atoms with Crippen molar-refractivity contribution in [1.29, 1.82) is 0 Å². The highest BCUT2D eigenvalue weighted by Crippen LogP contribution is 2.28. The third-order valence-electron chi connectivity index (χ3n) is 3.39. The third-order valence-corrected chi connectivity index (χ3v) is 3.39. The Labute approximate surface area is 147 Å². The number of nitrogens with one attached hydrogen (secondary N) is 2. The van der Waals surface area contributed by atoms with Gasteiger partial charge in [0.15, 0.2) is 0 Å². The molecule has 0 saturated carbocycles. The Morgan fingerprint density at radius 1 is 1.04 bits per heavy atom. The monoisotopic (exact) mass is 342 g/mol. The van der Waals surface area contributed by atoms with Crippen molar-refractivity contribution in [2.75, 3.05) is 24.4 Å². The largest absolute Gasteiger partial charge is 0.495 e. The van der Waals surface area contributed by atoms with Crippen molar-refractivity contribution in [2.45, 2.75) is 20.3 Å². The lowest BCUT2D eigenvalue weighted by Crippen LogP contribution is -2.15. The lowest BCUT2D eigenvalue weighted by atomic mass is 10.1. The molecule has 0 bridgehead atoms. The van der Waals surface area contributed by atoms with E-state index in [1.54, 1.807) is 18.2 Å². The van der Waals surface area contributed by atoms with Crippen LogP contribution < -0.4 is 20.1 Å². The minimum absolute atomic E-state index is 0.150. The van der Waals surface area contributed by atoms with Gasteiger partial charge in [-0.15, -0.1) is 0 Å². The van der Waals surface area contributed by atoms with Crippen molar-refractivity contribution in [3.63, 3.8) is 0 Å². The molecule has 2 amide bonds. The molecule has 0 aliphatic rings. The van der Waals surface area contributed by atoms with Crippen molar-refractivity contribution >= 4 is 23.2 Å². The highest BCUT2D eigenvalue weighted by molar-refractivity contribution is 5.95. The van der Waals surface area contributed by atoms with E-state index in [9.17, 15) is 9.59 Å². The summed E-state index contributed by atoms with van der Waals surface area (Å²) in [4.78, 5) is 23.5. The fourth-order valence-electron chi connectivity index (χ4n) is 2.33. The minimum Gasteiger partial charge on any atom is -0.495 e. The van der Waals surface area contributed by atoms with E-state index in [1.165, 1.54) is 14.0 Å². The zero-order valence-corrected chi connectivity index (χ0v) is 14.6. The average Bonchev–Trinajstić information content (AvgIpc) is 2.56. The van der Waals surface area contributed by atoms with E-state index in [2.05, 4.69) is 10.6 Å². The third kappa shape index (κ3) is 5.53. The normalized spacial score (nSPS) is 10.0.